The van der Waals surface area contributed by atoms with Gasteiger partial charge >= 0.3 is 5.97 Å². The van der Waals surface area contributed by atoms with Crippen LogP contribution >= 0.6 is 0 Å². The van der Waals surface area contributed by atoms with Crippen molar-refractivity contribution in [2.75, 3.05) is 13.2 Å². The highest BCUT2D eigenvalue weighted by molar-refractivity contribution is 5.69. The number of hydrogen-bond donors (Lipinski definition) is 1. The third-order valence-corrected chi connectivity index (χ3v) is 4.09. The van der Waals surface area contributed by atoms with Gasteiger partial charge in [0.05, 0.1) is 6.61 Å². The molecule has 0 aliphatic rings. The van der Waals surface area contributed by atoms with Gasteiger partial charge in [-0.05, 0) is 6.42 Å². The van der Waals surface area contributed by atoms with Crippen LogP contribution in [-0.4, -0.2) is 24.3 Å². The summed E-state index contributed by atoms with van der Waals surface area (Å²) < 4.78 is 4.82. The van der Waals surface area contributed by atoms with Crippen LogP contribution in [0.2, 0.25) is 0 Å². The van der Waals surface area contributed by atoms with E-state index in [0.29, 0.717) is 6.42 Å². The first kappa shape index (κ1) is 21.4. The van der Waals surface area contributed by atoms with Gasteiger partial charge in [-0.3, -0.25) is 4.79 Å². The zero-order valence-electron chi connectivity index (χ0n) is 14.8. The standard InChI is InChI=1S/C19H38O3/c1-2-3-4-5-6-7-8-9-10-11-12-13-14-15-16-19(21)22-18-17-20/h20H,2-18H2,1H3. The highest BCUT2D eigenvalue weighted by atomic mass is 16.5. The SMILES string of the molecule is CCCCCCCCCCCCCCCCC(=O)OCCO. The van der Waals surface area contributed by atoms with Gasteiger partial charge in [0.1, 0.15) is 6.61 Å². The first-order valence-electron chi connectivity index (χ1n) is 9.57. The molecule has 22 heavy (non-hydrogen) atoms. The van der Waals surface area contributed by atoms with Gasteiger partial charge in [0, 0.05) is 6.42 Å². The zero-order valence-corrected chi connectivity index (χ0v) is 14.8. The third-order valence-electron chi connectivity index (χ3n) is 4.09. The van der Waals surface area contributed by atoms with Crippen LogP contribution in [-0.2, 0) is 9.53 Å². The molecule has 1 N–H and O–H groups in total. The van der Waals surface area contributed by atoms with Crippen LogP contribution in [0.4, 0.5) is 0 Å². The number of aliphatic hydroxyl groups is 1. The molecule has 0 atom stereocenters. The number of esters is 1. The largest absolute Gasteiger partial charge is 0.463 e. The predicted octanol–water partition coefficient (Wildman–Crippen LogP) is 5.39. The molecule has 0 rings (SSSR count). The Morgan fingerprint density at radius 2 is 1.14 bits per heavy atom. The number of carbonyl (C=O) groups is 1. The predicted molar refractivity (Wildman–Crippen MR) is 93.0 cm³/mol. The molecule has 0 fully saturated rings. The van der Waals surface area contributed by atoms with E-state index < -0.39 is 0 Å². The van der Waals surface area contributed by atoms with Crippen molar-refractivity contribution in [1.29, 1.82) is 0 Å². The lowest BCUT2D eigenvalue weighted by molar-refractivity contribution is -0.144. The van der Waals surface area contributed by atoms with E-state index in [4.69, 9.17) is 9.84 Å². The second-order valence-electron chi connectivity index (χ2n) is 6.29. The Bertz CT molecular complexity index is 229. The number of unbranched alkanes of at least 4 members (excludes halogenated alkanes) is 13. The molecule has 0 aromatic carbocycles. The Morgan fingerprint density at radius 1 is 0.727 bits per heavy atom. The molecule has 0 saturated heterocycles. The minimum atomic E-state index is -0.173. The summed E-state index contributed by atoms with van der Waals surface area (Å²) in [7, 11) is 0. The Labute approximate surface area is 137 Å². The average molecular weight is 315 g/mol. The minimum absolute atomic E-state index is 0.0789. The fourth-order valence-corrected chi connectivity index (χ4v) is 2.70. The summed E-state index contributed by atoms with van der Waals surface area (Å²) in [6.45, 7) is 2.32. The van der Waals surface area contributed by atoms with E-state index in [1.165, 1.54) is 77.0 Å². The van der Waals surface area contributed by atoms with Gasteiger partial charge in [0.2, 0.25) is 0 Å². The summed E-state index contributed by atoms with van der Waals surface area (Å²) in [5.74, 6) is -0.173. The van der Waals surface area contributed by atoms with Crippen molar-refractivity contribution in [1.82, 2.24) is 0 Å². The number of carbonyl (C=O) groups excluding carboxylic acids is 1. The lowest BCUT2D eigenvalue weighted by atomic mass is 10.0. The molecule has 3 heteroatoms. The minimum Gasteiger partial charge on any atom is -0.463 e. The molecule has 0 aliphatic heterocycles. The molecule has 0 bridgehead atoms. The van der Waals surface area contributed by atoms with Crippen molar-refractivity contribution in [2.24, 2.45) is 0 Å². The second-order valence-corrected chi connectivity index (χ2v) is 6.29. The van der Waals surface area contributed by atoms with Crippen molar-refractivity contribution in [3.05, 3.63) is 0 Å². The third kappa shape index (κ3) is 17.5. The molecule has 0 saturated carbocycles. The van der Waals surface area contributed by atoms with Crippen LogP contribution in [0.5, 0.6) is 0 Å². The number of hydrogen-bond acceptors (Lipinski definition) is 3. The van der Waals surface area contributed by atoms with Gasteiger partial charge in [-0.2, -0.15) is 0 Å². The summed E-state index contributed by atoms with van der Waals surface area (Å²) in [6, 6.07) is 0. The smallest absolute Gasteiger partial charge is 0.305 e. The number of rotatable bonds is 17. The maximum absolute atomic E-state index is 11.2. The van der Waals surface area contributed by atoms with Crippen LogP contribution in [0.1, 0.15) is 103 Å². The Balaban J connectivity index is 3.04. The fraction of sp³-hybridized carbons (Fsp3) is 0.947. The van der Waals surface area contributed by atoms with E-state index in [2.05, 4.69) is 6.92 Å². The van der Waals surface area contributed by atoms with Gasteiger partial charge in [-0.1, -0.05) is 90.4 Å². The van der Waals surface area contributed by atoms with Crippen LogP contribution in [0.15, 0.2) is 0 Å². The molecule has 0 unspecified atom stereocenters. The van der Waals surface area contributed by atoms with E-state index in [0.717, 1.165) is 12.8 Å². The number of ether oxygens (including phenoxy) is 1. The lowest BCUT2D eigenvalue weighted by Gasteiger charge is -2.04. The molecule has 0 aliphatic carbocycles. The monoisotopic (exact) mass is 314 g/mol. The van der Waals surface area contributed by atoms with Crippen LogP contribution in [0, 0.1) is 0 Å². The molecular weight excluding hydrogens is 276 g/mol. The highest BCUT2D eigenvalue weighted by Crippen LogP contribution is 2.13. The van der Waals surface area contributed by atoms with Gasteiger partial charge in [0.25, 0.3) is 0 Å². The molecule has 3 nitrogen and oxygen atoms in total. The van der Waals surface area contributed by atoms with E-state index in [9.17, 15) is 4.79 Å². The van der Waals surface area contributed by atoms with E-state index in [1.807, 2.05) is 0 Å². The van der Waals surface area contributed by atoms with Crippen molar-refractivity contribution in [3.8, 4) is 0 Å². The van der Waals surface area contributed by atoms with E-state index in [1.54, 1.807) is 0 Å². The average Bonchev–Trinajstić information content (AvgIpc) is 2.53. The molecular formula is C19H38O3. The lowest BCUT2D eigenvalue weighted by Crippen LogP contribution is -2.07. The number of aliphatic hydroxyl groups excluding tert-OH is 1. The maximum Gasteiger partial charge on any atom is 0.305 e. The van der Waals surface area contributed by atoms with E-state index >= 15 is 0 Å². The first-order valence-corrected chi connectivity index (χ1v) is 9.57. The Hall–Kier alpha value is -0.570. The molecule has 0 amide bonds. The van der Waals surface area contributed by atoms with Gasteiger partial charge < -0.3 is 9.84 Å². The van der Waals surface area contributed by atoms with Crippen molar-refractivity contribution in [2.45, 2.75) is 103 Å². The highest BCUT2D eigenvalue weighted by Gasteiger charge is 2.01. The maximum atomic E-state index is 11.2. The molecule has 0 aromatic heterocycles. The fourth-order valence-electron chi connectivity index (χ4n) is 2.70. The first-order chi connectivity index (χ1) is 10.8. The summed E-state index contributed by atoms with van der Waals surface area (Å²) in [4.78, 5) is 11.2. The van der Waals surface area contributed by atoms with Gasteiger partial charge in [-0.25, -0.2) is 0 Å². The summed E-state index contributed by atoms with van der Waals surface area (Å²) in [5, 5.41) is 8.53. The van der Waals surface area contributed by atoms with E-state index in [-0.39, 0.29) is 19.2 Å². The zero-order chi connectivity index (χ0) is 16.3. The molecule has 0 aromatic rings. The van der Waals surface area contributed by atoms with Gasteiger partial charge in [0.15, 0.2) is 0 Å². The Morgan fingerprint density at radius 3 is 1.55 bits per heavy atom. The summed E-state index contributed by atoms with van der Waals surface area (Å²) in [5.41, 5.74) is 0. The van der Waals surface area contributed by atoms with Crippen molar-refractivity contribution < 1.29 is 14.6 Å². The molecule has 0 heterocycles. The van der Waals surface area contributed by atoms with Crippen molar-refractivity contribution >= 4 is 5.97 Å². The molecule has 0 radical (unpaired) electrons. The van der Waals surface area contributed by atoms with Crippen molar-refractivity contribution in [3.63, 3.8) is 0 Å². The summed E-state index contributed by atoms with van der Waals surface area (Å²) >= 11 is 0. The van der Waals surface area contributed by atoms with Crippen LogP contribution in [0.25, 0.3) is 0 Å². The Kier molecular flexibility index (Phi) is 18.0. The molecule has 0 spiro atoms. The van der Waals surface area contributed by atoms with Crippen LogP contribution in [0.3, 0.4) is 0 Å². The van der Waals surface area contributed by atoms with Gasteiger partial charge in [-0.15, -0.1) is 0 Å². The summed E-state index contributed by atoms with van der Waals surface area (Å²) in [6.07, 6.45) is 19.0. The topological polar surface area (TPSA) is 46.5 Å². The normalized spacial score (nSPS) is 10.8. The molecule has 132 valence electrons. The second kappa shape index (κ2) is 18.5. The quantitative estimate of drug-likeness (QED) is 0.289. The van der Waals surface area contributed by atoms with Crippen LogP contribution < -0.4 is 0 Å².